The Hall–Kier alpha value is -2.94. The molecule has 9 heteroatoms. The van der Waals surface area contributed by atoms with E-state index in [2.05, 4.69) is 20.6 Å². The highest BCUT2D eigenvalue weighted by molar-refractivity contribution is 6.34. The first-order valence-corrected chi connectivity index (χ1v) is 10.6. The number of amides is 1. The summed E-state index contributed by atoms with van der Waals surface area (Å²) >= 11 is 6.25. The van der Waals surface area contributed by atoms with Crippen molar-refractivity contribution in [3.63, 3.8) is 0 Å². The van der Waals surface area contributed by atoms with Crippen molar-refractivity contribution >= 4 is 29.2 Å². The van der Waals surface area contributed by atoms with E-state index < -0.39 is 5.91 Å². The summed E-state index contributed by atoms with van der Waals surface area (Å²) < 4.78 is 4.87. The minimum atomic E-state index is -0.456. The largest absolute Gasteiger partial charge is 0.431 e. The van der Waals surface area contributed by atoms with Gasteiger partial charge in [-0.25, -0.2) is 0 Å². The van der Waals surface area contributed by atoms with Crippen molar-refractivity contribution in [2.24, 2.45) is 5.73 Å². The average Bonchev–Trinajstić information content (AvgIpc) is 3.22. The standard InChI is InChI=1S/C22H25ClN6O2/c23-18-8-2-13(9-19(18)28-21(30)20-12-31-22(25)29-20)14-1-5-17(26-10-14)11-27-16-6-3-15(24)4-7-16/h1-2,5,8-10,12,15-16,27H,3-4,6-7,11,24H2,(H2,25,29)(H,28,30)/t15-,16-. The second-order valence-corrected chi connectivity index (χ2v) is 8.16. The molecule has 1 aliphatic rings. The van der Waals surface area contributed by atoms with Gasteiger partial charge in [0.05, 0.1) is 16.4 Å². The lowest BCUT2D eigenvalue weighted by molar-refractivity contribution is 0.102. The van der Waals surface area contributed by atoms with Gasteiger partial charge in [-0.15, -0.1) is 0 Å². The number of nitrogens with two attached hydrogens (primary N) is 2. The third kappa shape index (κ3) is 5.41. The molecule has 1 aromatic carbocycles. The summed E-state index contributed by atoms with van der Waals surface area (Å²) in [6.07, 6.45) is 7.38. The SMILES string of the molecule is Nc1nc(C(=O)Nc2cc(-c3ccc(CN[C@H]4CC[C@H](N)CC4)nc3)ccc2Cl)co1. The molecule has 0 atom stereocenters. The molecule has 4 rings (SSSR count). The lowest BCUT2D eigenvalue weighted by Crippen LogP contribution is -2.37. The highest BCUT2D eigenvalue weighted by Gasteiger charge is 2.18. The first-order valence-electron chi connectivity index (χ1n) is 10.2. The van der Waals surface area contributed by atoms with Crippen LogP contribution in [0.2, 0.25) is 5.02 Å². The maximum absolute atomic E-state index is 12.3. The molecule has 1 amide bonds. The van der Waals surface area contributed by atoms with Crippen LogP contribution in [0.15, 0.2) is 47.2 Å². The van der Waals surface area contributed by atoms with Crippen molar-refractivity contribution < 1.29 is 9.21 Å². The zero-order chi connectivity index (χ0) is 21.8. The summed E-state index contributed by atoms with van der Waals surface area (Å²) in [5, 5.41) is 6.71. The molecule has 3 aromatic rings. The molecule has 0 radical (unpaired) electrons. The maximum Gasteiger partial charge on any atom is 0.292 e. The Bertz CT molecular complexity index is 1040. The number of oxazole rings is 1. The predicted octanol–water partition coefficient (Wildman–Crippen LogP) is 3.58. The Kier molecular flexibility index (Phi) is 6.50. The molecule has 0 saturated heterocycles. The van der Waals surface area contributed by atoms with Crippen LogP contribution >= 0.6 is 11.6 Å². The summed E-state index contributed by atoms with van der Waals surface area (Å²) in [7, 11) is 0. The van der Waals surface area contributed by atoms with E-state index in [4.69, 9.17) is 27.5 Å². The van der Waals surface area contributed by atoms with E-state index in [-0.39, 0.29) is 11.7 Å². The lowest BCUT2D eigenvalue weighted by atomic mass is 9.92. The third-order valence-electron chi connectivity index (χ3n) is 5.47. The number of anilines is 2. The van der Waals surface area contributed by atoms with Gasteiger partial charge in [-0.3, -0.25) is 9.78 Å². The second-order valence-electron chi connectivity index (χ2n) is 7.75. The zero-order valence-corrected chi connectivity index (χ0v) is 17.7. The van der Waals surface area contributed by atoms with Crippen molar-refractivity contribution in [1.82, 2.24) is 15.3 Å². The Morgan fingerprint density at radius 2 is 1.94 bits per heavy atom. The number of nitrogen functional groups attached to an aromatic ring is 1. The predicted molar refractivity (Wildman–Crippen MR) is 121 cm³/mol. The van der Waals surface area contributed by atoms with Crippen molar-refractivity contribution in [3.8, 4) is 11.1 Å². The molecule has 6 N–H and O–H groups in total. The number of rotatable bonds is 6. The van der Waals surface area contributed by atoms with Crippen molar-refractivity contribution in [2.75, 3.05) is 11.1 Å². The molecular weight excluding hydrogens is 416 g/mol. The number of benzene rings is 1. The quantitative estimate of drug-likeness (QED) is 0.460. The number of halogens is 1. The van der Waals surface area contributed by atoms with Crippen LogP contribution in [0.4, 0.5) is 11.7 Å². The van der Waals surface area contributed by atoms with Crippen LogP contribution in [0.5, 0.6) is 0 Å². The minimum Gasteiger partial charge on any atom is -0.431 e. The van der Waals surface area contributed by atoms with E-state index >= 15 is 0 Å². The molecule has 0 unspecified atom stereocenters. The first kappa shape index (κ1) is 21.3. The fraction of sp³-hybridized carbons (Fsp3) is 0.318. The van der Waals surface area contributed by atoms with Gasteiger partial charge in [0.25, 0.3) is 11.9 Å². The minimum absolute atomic E-state index is 0.0716. The van der Waals surface area contributed by atoms with Gasteiger partial charge in [0.2, 0.25) is 0 Å². The number of pyridine rings is 1. The second kappa shape index (κ2) is 9.47. The van der Waals surface area contributed by atoms with Gasteiger partial charge in [-0.05, 0) is 49.4 Å². The summed E-state index contributed by atoms with van der Waals surface area (Å²) in [6, 6.07) is 10.2. The van der Waals surface area contributed by atoms with E-state index in [0.29, 0.717) is 22.8 Å². The van der Waals surface area contributed by atoms with E-state index in [1.54, 1.807) is 12.1 Å². The molecule has 0 bridgehead atoms. The molecule has 8 nitrogen and oxygen atoms in total. The van der Waals surface area contributed by atoms with Crippen molar-refractivity contribution in [1.29, 1.82) is 0 Å². The smallest absolute Gasteiger partial charge is 0.292 e. The van der Waals surface area contributed by atoms with Crippen LogP contribution in [0.1, 0.15) is 41.9 Å². The van der Waals surface area contributed by atoms with E-state index in [9.17, 15) is 4.79 Å². The van der Waals surface area contributed by atoms with Crippen LogP contribution in [0, 0.1) is 0 Å². The molecule has 1 fully saturated rings. The molecule has 31 heavy (non-hydrogen) atoms. The van der Waals surface area contributed by atoms with Crippen LogP contribution in [-0.2, 0) is 6.54 Å². The molecule has 1 aliphatic carbocycles. The van der Waals surface area contributed by atoms with Gasteiger partial charge in [0, 0.05) is 30.4 Å². The Morgan fingerprint density at radius 1 is 1.16 bits per heavy atom. The number of carbonyl (C=O) groups excluding carboxylic acids is 1. The average molecular weight is 441 g/mol. The maximum atomic E-state index is 12.3. The number of hydrogen-bond donors (Lipinski definition) is 4. The number of hydrogen-bond acceptors (Lipinski definition) is 7. The van der Waals surface area contributed by atoms with Crippen molar-refractivity contribution in [2.45, 2.75) is 44.3 Å². The summed E-state index contributed by atoms with van der Waals surface area (Å²) in [5.74, 6) is -0.456. The first-order chi connectivity index (χ1) is 15.0. The number of nitrogens with one attached hydrogen (secondary N) is 2. The van der Waals surface area contributed by atoms with Crippen LogP contribution < -0.4 is 22.1 Å². The molecule has 162 valence electrons. The van der Waals surface area contributed by atoms with Gasteiger partial charge >= 0.3 is 0 Å². The van der Waals surface area contributed by atoms with Gasteiger partial charge in [0.15, 0.2) is 5.69 Å². The fourth-order valence-corrected chi connectivity index (χ4v) is 3.82. The molecule has 0 spiro atoms. The van der Waals surface area contributed by atoms with E-state index in [1.165, 1.54) is 6.26 Å². The van der Waals surface area contributed by atoms with Gasteiger partial charge in [0.1, 0.15) is 6.26 Å². The summed E-state index contributed by atoms with van der Waals surface area (Å²) in [5.41, 5.74) is 14.7. The van der Waals surface area contributed by atoms with Crippen molar-refractivity contribution in [3.05, 3.63) is 59.2 Å². The van der Waals surface area contributed by atoms with Crippen LogP contribution in [-0.4, -0.2) is 28.0 Å². The topological polar surface area (TPSA) is 132 Å². The van der Waals surface area contributed by atoms with E-state index in [1.807, 2.05) is 24.4 Å². The normalized spacial score (nSPS) is 18.6. The zero-order valence-electron chi connectivity index (χ0n) is 17.0. The van der Waals surface area contributed by atoms with Crippen LogP contribution in [0.3, 0.4) is 0 Å². The number of nitrogens with zero attached hydrogens (tertiary/aromatic N) is 2. The Balaban J connectivity index is 1.41. The molecule has 2 aromatic heterocycles. The molecular formula is C22H25ClN6O2. The Morgan fingerprint density at radius 3 is 2.61 bits per heavy atom. The molecule has 1 saturated carbocycles. The third-order valence-corrected chi connectivity index (χ3v) is 5.80. The van der Waals surface area contributed by atoms with Gasteiger partial charge in [-0.2, -0.15) is 4.98 Å². The molecule has 2 heterocycles. The monoisotopic (exact) mass is 440 g/mol. The van der Waals surface area contributed by atoms with Crippen LogP contribution in [0.25, 0.3) is 11.1 Å². The number of carbonyl (C=O) groups is 1. The fourth-order valence-electron chi connectivity index (χ4n) is 3.65. The highest BCUT2D eigenvalue weighted by Crippen LogP contribution is 2.29. The summed E-state index contributed by atoms with van der Waals surface area (Å²) in [6.45, 7) is 0.725. The van der Waals surface area contributed by atoms with Gasteiger partial charge in [-0.1, -0.05) is 23.7 Å². The number of aromatic nitrogens is 2. The summed E-state index contributed by atoms with van der Waals surface area (Å²) in [4.78, 5) is 20.7. The lowest BCUT2D eigenvalue weighted by Gasteiger charge is -2.26. The van der Waals surface area contributed by atoms with Gasteiger partial charge < -0.3 is 26.5 Å². The molecule has 0 aliphatic heterocycles. The van der Waals surface area contributed by atoms with E-state index in [0.717, 1.165) is 49.0 Å². The Labute approximate surface area is 185 Å². The highest BCUT2D eigenvalue weighted by atomic mass is 35.5.